The van der Waals surface area contributed by atoms with E-state index in [1.165, 1.54) is 36.4 Å². The molecule has 0 aliphatic carbocycles. The summed E-state index contributed by atoms with van der Waals surface area (Å²) in [4.78, 5) is 24.3. The molecule has 9 nitrogen and oxygen atoms in total. The molecular formula is C33H31F4N5O4. The minimum atomic E-state index is -4.81. The van der Waals surface area contributed by atoms with Crippen molar-refractivity contribution in [3.8, 4) is 22.9 Å². The Morgan fingerprint density at radius 1 is 0.978 bits per heavy atom. The zero-order chi connectivity index (χ0) is 32.3. The lowest BCUT2D eigenvalue weighted by molar-refractivity contribution is -0.274. The third kappa shape index (κ3) is 7.54. The second-order valence-corrected chi connectivity index (χ2v) is 11.0. The second-order valence-electron chi connectivity index (χ2n) is 11.0. The fourth-order valence-electron chi connectivity index (χ4n) is 5.33. The number of aromatic nitrogens is 2. The van der Waals surface area contributed by atoms with E-state index in [9.17, 15) is 18.0 Å². The Kier molecular flexibility index (Phi) is 9.04. The molecule has 1 amide bonds. The van der Waals surface area contributed by atoms with Crippen LogP contribution in [0.2, 0.25) is 0 Å². The van der Waals surface area contributed by atoms with E-state index in [1.807, 2.05) is 25.1 Å². The first kappa shape index (κ1) is 31.2. The molecule has 0 unspecified atom stereocenters. The summed E-state index contributed by atoms with van der Waals surface area (Å²) >= 11 is 0. The minimum absolute atomic E-state index is 0.0232. The van der Waals surface area contributed by atoms with E-state index in [-0.39, 0.29) is 22.9 Å². The number of amides is 1. The van der Waals surface area contributed by atoms with Gasteiger partial charge in [-0.15, -0.1) is 13.2 Å². The molecule has 6 rings (SSSR count). The van der Waals surface area contributed by atoms with Gasteiger partial charge in [-0.05, 0) is 79.4 Å². The Hall–Kier alpha value is -4.75. The first-order valence-corrected chi connectivity index (χ1v) is 14.8. The summed E-state index contributed by atoms with van der Waals surface area (Å²) in [6.07, 6.45) is -3.51. The molecular weight excluding hydrogens is 606 g/mol. The van der Waals surface area contributed by atoms with E-state index >= 15 is 4.39 Å². The van der Waals surface area contributed by atoms with Gasteiger partial charge in [-0.25, -0.2) is 9.37 Å². The molecule has 3 aromatic carbocycles. The number of anilines is 3. The number of rotatable bonds is 8. The van der Waals surface area contributed by atoms with E-state index in [0.29, 0.717) is 61.1 Å². The van der Waals surface area contributed by atoms with Gasteiger partial charge in [0.1, 0.15) is 11.6 Å². The van der Waals surface area contributed by atoms with Crippen molar-refractivity contribution in [2.75, 3.05) is 43.5 Å². The SMILES string of the molecule is Cc1ccc(CN2CCOCC2)cc1NC(=O)c1ccc(Nc2nc3c(c(-c4ccc(OC(F)(F)F)cc4)n2)CCCO3)c(F)c1. The lowest BCUT2D eigenvalue weighted by Crippen LogP contribution is -2.35. The standard InChI is InChI=1S/C33H31F4N5O4/c1-20-4-5-21(19-42-12-15-44-16-13-42)17-28(20)38-30(43)23-8-11-27(26(34)18-23)39-32-40-29(25-3-2-14-45-31(25)41-32)22-6-9-24(10-7-22)46-33(35,36)37/h4-11,17-18H,2-3,12-16,19H2,1H3,(H,38,43)(H,39,40,41). The minimum Gasteiger partial charge on any atom is -0.477 e. The molecule has 0 bridgehead atoms. The molecule has 3 heterocycles. The van der Waals surface area contributed by atoms with E-state index in [4.69, 9.17) is 9.47 Å². The Balaban J connectivity index is 1.19. The molecule has 2 aliphatic rings. The highest BCUT2D eigenvalue weighted by Gasteiger charge is 2.31. The van der Waals surface area contributed by atoms with Gasteiger partial charge in [0.2, 0.25) is 11.8 Å². The van der Waals surface area contributed by atoms with Gasteiger partial charge in [0, 0.05) is 42.0 Å². The van der Waals surface area contributed by atoms with Gasteiger partial charge in [0.15, 0.2) is 0 Å². The Bertz CT molecular complexity index is 1730. The van der Waals surface area contributed by atoms with Crippen molar-refractivity contribution in [2.24, 2.45) is 0 Å². The molecule has 240 valence electrons. The van der Waals surface area contributed by atoms with Crippen LogP contribution in [-0.4, -0.2) is 60.0 Å². The topological polar surface area (TPSA) is 97.8 Å². The van der Waals surface area contributed by atoms with Crippen LogP contribution in [-0.2, 0) is 17.7 Å². The first-order valence-electron chi connectivity index (χ1n) is 14.8. The van der Waals surface area contributed by atoms with Crippen LogP contribution in [0, 0.1) is 12.7 Å². The van der Waals surface area contributed by atoms with Crippen molar-refractivity contribution >= 4 is 23.2 Å². The second kappa shape index (κ2) is 13.3. The number of carbonyl (C=O) groups excluding carboxylic acids is 1. The number of hydrogen-bond acceptors (Lipinski definition) is 8. The monoisotopic (exact) mass is 637 g/mol. The van der Waals surface area contributed by atoms with Gasteiger partial charge >= 0.3 is 6.36 Å². The molecule has 13 heteroatoms. The van der Waals surface area contributed by atoms with Gasteiger partial charge < -0.3 is 24.8 Å². The first-order chi connectivity index (χ1) is 22.1. The summed E-state index contributed by atoms with van der Waals surface area (Å²) in [5.41, 5.74) is 4.36. The lowest BCUT2D eigenvalue weighted by atomic mass is 10.0. The van der Waals surface area contributed by atoms with Crippen molar-refractivity contribution in [3.63, 3.8) is 0 Å². The number of halogens is 4. The van der Waals surface area contributed by atoms with Crippen molar-refractivity contribution in [1.29, 1.82) is 0 Å². The van der Waals surface area contributed by atoms with Gasteiger partial charge in [-0.1, -0.05) is 12.1 Å². The number of alkyl halides is 3. The quantitative estimate of drug-likeness (QED) is 0.208. The van der Waals surface area contributed by atoms with Gasteiger partial charge in [0.25, 0.3) is 5.91 Å². The summed E-state index contributed by atoms with van der Waals surface area (Å²) in [5.74, 6) is -1.21. The molecule has 1 fully saturated rings. The molecule has 0 radical (unpaired) electrons. The molecule has 4 aromatic rings. The normalized spacial score (nSPS) is 15.1. The van der Waals surface area contributed by atoms with E-state index in [0.717, 1.165) is 36.8 Å². The largest absolute Gasteiger partial charge is 0.573 e. The number of carbonyl (C=O) groups is 1. The fourth-order valence-corrected chi connectivity index (χ4v) is 5.33. The van der Waals surface area contributed by atoms with Crippen LogP contribution in [0.15, 0.2) is 60.7 Å². The number of aryl methyl sites for hydroxylation is 1. The number of hydrogen-bond donors (Lipinski definition) is 2. The third-order valence-corrected chi connectivity index (χ3v) is 7.68. The number of benzene rings is 3. The highest BCUT2D eigenvalue weighted by atomic mass is 19.4. The molecule has 1 aromatic heterocycles. The highest BCUT2D eigenvalue weighted by Crippen LogP contribution is 2.35. The molecule has 2 N–H and O–H groups in total. The predicted octanol–water partition coefficient (Wildman–Crippen LogP) is 6.64. The number of morpholine rings is 1. The average Bonchev–Trinajstić information content (AvgIpc) is 3.03. The van der Waals surface area contributed by atoms with Gasteiger partial charge in [0.05, 0.1) is 31.2 Å². The summed E-state index contributed by atoms with van der Waals surface area (Å²) in [6, 6.07) is 15.2. The number of fused-ring (bicyclic) bond motifs is 1. The number of nitrogens with zero attached hydrogens (tertiary/aromatic N) is 3. The number of ether oxygens (including phenoxy) is 3. The molecule has 0 atom stereocenters. The fraction of sp³-hybridized carbons (Fsp3) is 0.303. The highest BCUT2D eigenvalue weighted by molar-refractivity contribution is 6.05. The molecule has 46 heavy (non-hydrogen) atoms. The third-order valence-electron chi connectivity index (χ3n) is 7.68. The number of nitrogens with one attached hydrogen (secondary N) is 2. The molecule has 1 saturated heterocycles. The Labute approximate surface area is 262 Å². The predicted molar refractivity (Wildman–Crippen MR) is 163 cm³/mol. The van der Waals surface area contributed by atoms with Crippen molar-refractivity contribution < 1.29 is 36.6 Å². The Morgan fingerprint density at radius 2 is 1.76 bits per heavy atom. The van der Waals surface area contributed by atoms with Crippen LogP contribution < -0.4 is 20.1 Å². The van der Waals surface area contributed by atoms with E-state index < -0.39 is 18.1 Å². The lowest BCUT2D eigenvalue weighted by Gasteiger charge is -2.26. The van der Waals surface area contributed by atoms with Crippen molar-refractivity contribution in [3.05, 3.63) is 88.7 Å². The van der Waals surface area contributed by atoms with Crippen molar-refractivity contribution in [1.82, 2.24) is 14.9 Å². The van der Waals surface area contributed by atoms with Crippen LogP contribution in [0.3, 0.4) is 0 Å². The molecule has 0 spiro atoms. The smallest absolute Gasteiger partial charge is 0.477 e. The maximum absolute atomic E-state index is 15.3. The van der Waals surface area contributed by atoms with Gasteiger partial charge in [-0.3, -0.25) is 9.69 Å². The summed E-state index contributed by atoms with van der Waals surface area (Å²) in [5, 5.41) is 5.75. The zero-order valence-electron chi connectivity index (χ0n) is 24.9. The maximum Gasteiger partial charge on any atom is 0.573 e. The zero-order valence-corrected chi connectivity index (χ0v) is 24.9. The van der Waals surface area contributed by atoms with Crippen molar-refractivity contribution in [2.45, 2.75) is 32.7 Å². The maximum atomic E-state index is 15.3. The molecule has 2 aliphatic heterocycles. The van der Waals surface area contributed by atoms with Crippen LogP contribution in [0.25, 0.3) is 11.3 Å². The van der Waals surface area contributed by atoms with Gasteiger partial charge in [-0.2, -0.15) is 4.98 Å². The van der Waals surface area contributed by atoms with Crippen LogP contribution in [0.5, 0.6) is 11.6 Å². The summed E-state index contributed by atoms with van der Waals surface area (Å²) in [6.45, 7) is 6.12. The Morgan fingerprint density at radius 3 is 2.50 bits per heavy atom. The summed E-state index contributed by atoms with van der Waals surface area (Å²) in [7, 11) is 0. The van der Waals surface area contributed by atoms with Crippen LogP contribution in [0.1, 0.15) is 33.5 Å². The summed E-state index contributed by atoms with van der Waals surface area (Å²) < 4.78 is 68.3. The van der Waals surface area contributed by atoms with Crippen LogP contribution in [0.4, 0.5) is 34.9 Å². The molecule has 0 saturated carbocycles. The average molecular weight is 638 g/mol. The van der Waals surface area contributed by atoms with Crippen LogP contribution >= 0.6 is 0 Å². The van der Waals surface area contributed by atoms with E-state index in [2.05, 4.69) is 30.2 Å². The van der Waals surface area contributed by atoms with E-state index in [1.54, 1.807) is 0 Å².